The third-order valence-corrected chi connectivity index (χ3v) is 19.0. The van der Waals surface area contributed by atoms with Crippen molar-refractivity contribution in [2.45, 2.75) is 192 Å². The number of terminal acetylenes is 2. The molecule has 0 aromatic rings. The number of hydrogen-bond donors (Lipinski definition) is 2. The standard InChI is InChI=1S/C50H74O2/c1-5-47-31-27-41-39(43(47)29-33-49(47,51)7-3)25-23-37-21-15-19-35(45(37)41)17-13-11-9-10-12-14-18-36-20-16-22-38-24-26-40-42(46(36)38)28-32-48(6-2)44(40)30-34-50(48,52)8-4/h3-4,21-22,35-36,39-46,51-52H,5-6,9-20,23-34H2,1-2H3/t35?,36?,39-,40-,41+,42+,43+,44+,45+,46+,47?,48?,49?,50?/m1/s1. The summed E-state index contributed by atoms with van der Waals surface area (Å²) in [7, 11) is 0. The van der Waals surface area contributed by atoms with E-state index in [1.807, 2.05) is 11.1 Å². The molecule has 0 heterocycles. The van der Waals surface area contributed by atoms with Gasteiger partial charge in [-0.15, -0.1) is 12.8 Å². The Kier molecular flexibility index (Phi) is 10.7. The quantitative estimate of drug-likeness (QED) is 0.128. The molecule has 8 aliphatic rings. The molecule has 14 atom stereocenters. The van der Waals surface area contributed by atoms with Crippen LogP contribution in [0, 0.1) is 94.7 Å². The van der Waals surface area contributed by atoms with Crippen LogP contribution in [-0.4, -0.2) is 21.4 Å². The van der Waals surface area contributed by atoms with E-state index in [-0.39, 0.29) is 10.8 Å². The average Bonchev–Trinajstić information content (AvgIpc) is 3.67. The van der Waals surface area contributed by atoms with Crippen molar-refractivity contribution >= 4 is 0 Å². The molecule has 2 N–H and O–H groups in total. The molecule has 52 heavy (non-hydrogen) atoms. The monoisotopic (exact) mass is 707 g/mol. The smallest absolute Gasteiger partial charge is 0.131 e. The second-order valence-corrected chi connectivity index (χ2v) is 20.1. The van der Waals surface area contributed by atoms with Crippen LogP contribution in [0.15, 0.2) is 23.3 Å². The van der Waals surface area contributed by atoms with Crippen LogP contribution < -0.4 is 0 Å². The van der Waals surface area contributed by atoms with Gasteiger partial charge in [0.25, 0.3) is 0 Å². The molecule has 6 fully saturated rings. The van der Waals surface area contributed by atoms with E-state index in [4.69, 9.17) is 12.8 Å². The summed E-state index contributed by atoms with van der Waals surface area (Å²) in [5, 5.41) is 23.2. The SMILES string of the molecule is C#CC1(O)CC[C@H]2[C@@H]3CCC4=CCCC(CCCCCCCCC5CCC=C6CC[C@@H]7[C@H](CCC8(CC)[C@H]7CCC8(O)C#C)[C@H]65)[C@@H]4[C@H]3CCC21CC. The van der Waals surface area contributed by atoms with E-state index >= 15 is 0 Å². The maximum Gasteiger partial charge on any atom is 0.131 e. The van der Waals surface area contributed by atoms with Gasteiger partial charge in [-0.2, -0.15) is 0 Å². The molecule has 0 aliphatic heterocycles. The van der Waals surface area contributed by atoms with Gasteiger partial charge < -0.3 is 10.2 Å². The lowest BCUT2D eigenvalue weighted by atomic mass is 9.48. The highest BCUT2D eigenvalue weighted by Gasteiger charge is 2.65. The van der Waals surface area contributed by atoms with Crippen molar-refractivity contribution in [1.29, 1.82) is 0 Å². The molecule has 0 saturated heterocycles. The zero-order chi connectivity index (χ0) is 36.1. The Balaban J connectivity index is 0.798. The van der Waals surface area contributed by atoms with Gasteiger partial charge in [0, 0.05) is 10.8 Å². The van der Waals surface area contributed by atoms with Crippen molar-refractivity contribution in [2.24, 2.45) is 70.0 Å². The Morgan fingerprint density at radius 1 is 0.558 bits per heavy atom. The zero-order valence-electron chi connectivity index (χ0n) is 33.4. The van der Waals surface area contributed by atoms with E-state index in [0.717, 1.165) is 98.7 Å². The molecule has 8 rings (SSSR count). The minimum atomic E-state index is -0.875. The van der Waals surface area contributed by atoms with Gasteiger partial charge in [0.2, 0.25) is 0 Å². The molecule has 2 nitrogen and oxygen atoms in total. The van der Waals surface area contributed by atoms with Crippen LogP contribution in [0.3, 0.4) is 0 Å². The van der Waals surface area contributed by atoms with Crippen molar-refractivity contribution < 1.29 is 10.2 Å². The normalized spacial score (nSPS) is 47.7. The summed E-state index contributed by atoms with van der Waals surface area (Å²) < 4.78 is 0. The van der Waals surface area contributed by atoms with Gasteiger partial charge in [-0.1, -0.05) is 87.5 Å². The summed E-state index contributed by atoms with van der Waals surface area (Å²) >= 11 is 0. The fraction of sp³-hybridized carbons (Fsp3) is 0.840. The molecule has 0 bridgehead atoms. The van der Waals surface area contributed by atoms with Crippen LogP contribution in [0.4, 0.5) is 0 Å². The highest BCUT2D eigenvalue weighted by molar-refractivity contribution is 5.28. The van der Waals surface area contributed by atoms with Gasteiger partial charge in [0.05, 0.1) is 0 Å². The number of hydrogen-bond acceptors (Lipinski definition) is 2. The third kappa shape index (κ3) is 5.79. The summed E-state index contributed by atoms with van der Waals surface area (Å²) in [6, 6.07) is 0. The number of unbranched alkanes of at least 4 members (excludes halogenated alkanes) is 5. The first-order valence-electron chi connectivity index (χ1n) is 23.1. The van der Waals surface area contributed by atoms with Crippen molar-refractivity contribution in [1.82, 2.24) is 0 Å². The Morgan fingerprint density at radius 3 is 1.38 bits per heavy atom. The number of rotatable bonds is 11. The fourth-order valence-corrected chi connectivity index (χ4v) is 16.7. The van der Waals surface area contributed by atoms with Crippen LogP contribution in [0.25, 0.3) is 0 Å². The lowest BCUT2D eigenvalue weighted by molar-refractivity contribution is -0.104. The molecule has 0 aromatic heterocycles. The molecule has 6 unspecified atom stereocenters. The van der Waals surface area contributed by atoms with E-state index in [1.165, 1.54) is 116 Å². The predicted octanol–water partition coefficient (Wildman–Crippen LogP) is 12.0. The minimum Gasteiger partial charge on any atom is -0.377 e. The molecule has 0 amide bonds. The molecule has 0 radical (unpaired) electrons. The summed E-state index contributed by atoms with van der Waals surface area (Å²) in [6.07, 6.45) is 50.3. The largest absolute Gasteiger partial charge is 0.377 e. The van der Waals surface area contributed by atoms with Crippen molar-refractivity contribution in [3.05, 3.63) is 23.3 Å². The van der Waals surface area contributed by atoms with Crippen LogP contribution in [-0.2, 0) is 0 Å². The van der Waals surface area contributed by atoms with Gasteiger partial charge in [0.1, 0.15) is 11.2 Å². The summed E-state index contributed by atoms with van der Waals surface area (Å²) in [5.74, 6) is 13.7. The Bertz CT molecular complexity index is 1330. The first-order valence-corrected chi connectivity index (χ1v) is 23.1. The third-order valence-electron chi connectivity index (χ3n) is 19.0. The van der Waals surface area contributed by atoms with E-state index in [2.05, 4.69) is 37.8 Å². The van der Waals surface area contributed by atoms with Crippen LogP contribution >= 0.6 is 0 Å². The highest BCUT2D eigenvalue weighted by Crippen LogP contribution is 2.68. The van der Waals surface area contributed by atoms with Crippen molar-refractivity contribution in [3.8, 4) is 24.7 Å². The second kappa shape index (κ2) is 14.9. The minimum absolute atomic E-state index is 0.0347. The van der Waals surface area contributed by atoms with Crippen LogP contribution in [0.5, 0.6) is 0 Å². The Hall–Kier alpha value is -1.48. The van der Waals surface area contributed by atoms with Crippen LogP contribution in [0.2, 0.25) is 0 Å². The van der Waals surface area contributed by atoms with Gasteiger partial charge in [-0.05, 0) is 188 Å². The molecule has 6 saturated carbocycles. The van der Waals surface area contributed by atoms with Gasteiger partial charge in [0.15, 0.2) is 0 Å². The predicted molar refractivity (Wildman–Crippen MR) is 215 cm³/mol. The molecular formula is C50H74O2. The Morgan fingerprint density at radius 2 is 0.981 bits per heavy atom. The summed E-state index contributed by atoms with van der Waals surface area (Å²) in [6.45, 7) is 4.61. The number of allylic oxidation sites excluding steroid dienone is 4. The average molecular weight is 707 g/mol. The maximum atomic E-state index is 11.6. The number of aliphatic hydroxyl groups is 2. The van der Waals surface area contributed by atoms with Gasteiger partial charge >= 0.3 is 0 Å². The molecule has 8 aliphatic carbocycles. The van der Waals surface area contributed by atoms with Crippen LogP contribution in [0.1, 0.15) is 181 Å². The molecule has 0 spiro atoms. The molecule has 286 valence electrons. The lowest BCUT2D eigenvalue weighted by Crippen LogP contribution is -2.54. The first kappa shape index (κ1) is 37.4. The molecule has 0 aromatic carbocycles. The number of fused-ring (bicyclic) bond motifs is 10. The summed E-state index contributed by atoms with van der Waals surface area (Å²) in [4.78, 5) is 0. The lowest BCUT2D eigenvalue weighted by Gasteiger charge is -2.57. The second-order valence-electron chi connectivity index (χ2n) is 20.1. The molecular weight excluding hydrogens is 633 g/mol. The van der Waals surface area contributed by atoms with E-state index < -0.39 is 11.2 Å². The van der Waals surface area contributed by atoms with Crippen molar-refractivity contribution in [3.63, 3.8) is 0 Å². The topological polar surface area (TPSA) is 40.5 Å². The van der Waals surface area contributed by atoms with Gasteiger partial charge in [-0.25, -0.2) is 0 Å². The molecule has 2 heteroatoms. The fourth-order valence-electron chi connectivity index (χ4n) is 16.7. The first-order chi connectivity index (χ1) is 25.3. The highest BCUT2D eigenvalue weighted by atomic mass is 16.3. The van der Waals surface area contributed by atoms with E-state index in [1.54, 1.807) is 0 Å². The zero-order valence-corrected chi connectivity index (χ0v) is 33.4. The Labute approximate surface area is 319 Å². The summed E-state index contributed by atoms with van der Waals surface area (Å²) in [5.41, 5.74) is 1.83. The van der Waals surface area contributed by atoms with Gasteiger partial charge in [-0.3, -0.25) is 0 Å². The van der Waals surface area contributed by atoms with Crippen molar-refractivity contribution in [2.75, 3.05) is 0 Å². The van der Waals surface area contributed by atoms with E-state index in [0.29, 0.717) is 11.8 Å². The van der Waals surface area contributed by atoms with E-state index in [9.17, 15) is 10.2 Å². The maximum absolute atomic E-state index is 11.6.